The van der Waals surface area contributed by atoms with Gasteiger partial charge in [-0.3, -0.25) is 14.4 Å². The molecular formula is C28H38FNO7. The van der Waals surface area contributed by atoms with Gasteiger partial charge in [-0.2, -0.15) is 0 Å². The van der Waals surface area contributed by atoms with Crippen molar-refractivity contribution in [1.82, 2.24) is 5.32 Å². The van der Waals surface area contributed by atoms with Gasteiger partial charge >= 0.3 is 12.1 Å². The van der Waals surface area contributed by atoms with Gasteiger partial charge in [0.2, 0.25) is 5.78 Å². The highest BCUT2D eigenvalue weighted by atomic mass is 19.1. The van der Waals surface area contributed by atoms with Crippen molar-refractivity contribution >= 4 is 23.6 Å². The van der Waals surface area contributed by atoms with Crippen LogP contribution >= 0.6 is 0 Å². The number of ketones is 2. The molecule has 8 atom stereocenters. The number of aliphatic hydroxyl groups is 1. The number of Topliss-reactive ketones (excluding diaryl/α,β-unsaturated/α-hetero) is 1. The molecule has 3 saturated carbocycles. The molecule has 0 aromatic heterocycles. The van der Waals surface area contributed by atoms with E-state index in [1.807, 2.05) is 6.92 Å². The highest BCUT2D eigenvalue weighted by Crippen LogP contribution is 2.71. The number of halogens is 1. The van der Waals surface area contributed by atoms with E-state index in [-0.39, 0.29) is 12.2 Å². The topological polar surface area (TPSA) is 119 Å². The second-order valence-electron chi connectivity index (χ2n) is 11.7. The lowest BCUT2D eigenvalue weighted by Crippen LogP contribution is -2.70. The molecule has 0 bridgehead atoms. The Bertz CT molecular complexity index is 1070. The summed E-state index contributed by atoms with van der Waals surface area (Å²) in [5.41, 5.74) is -5.40. The molecule has 204 valence electrons. The van der Waals surface area contributed by atoms with Crippen molar-refractivity contribution in [1.29, 1.82) is 0 Å². The third kappa shape index (κ3) is 3.79. The number of hydrogen-bond acceptors (Lipinski definition) is 7. The lowest BCUT2D eigenvalue weighted by atomic mass is 9.44. The number of fused-ring (bicyclic) bond motifs is 5. The van der Waals surface area contributed by atoms with E-state index in [1.54, 1.807) is 26.8 Å². The molecular weight excluding hydrogens is 481 g/mol. The number of amides is 1. The van der Waals surface area contributed by atoms with Gasteiger partial charge in [0.15, 0.2) is 23.7 Å². The Labute approximate surface area is 217 Å². The van der Waals surface area contributed by atoms with Gasteiger partial charge in [0.1, 0.15) is 0 Å². The fraction of sp³-hybridized carbons (Fsp3) is 0.714. The lowest BCUT2D eigenvalue weighted by Gasteiger charge is -2.62. The number of rotatable bonds is 6. The predicted molar refractivity (Wildman–Crippen MR) is 132 cm³/mol. The molecule has 3 unspecified atom stereocenters. The Kier molecular flexibility index (Phi) is 6.93. The Morgan fingerprint density at radius 3 is 2.59 bits per heavy atom. The van der Waals surface area contributed by atoms with Gasteiger partial charge in [-0.1, -0.05) is 32.4 Å². The normalized spacial score (nSPS) is 42.1. The Balaban J connectivity index is 1.79. The maximum Gasteiger partial charge on any atom is 0.408 e. The van der Waals surface area contributed by atoms with Crippen LogP contribution in [0.5, 0.6) is 0 Å². The second-order valence-corrected chi connectivity index (χ2v) is 11.7. The van der Waals surface area contributed by atoms with E-state index in [2.05, 4.69) is 5.32 Å². The van der Waals surface area contributed by atoms with E-state index in [4.69, 9.17) is 9.47 Å². The summed E-state index contributed by atoms with van der Waals surface area (Å²) in [6.07, 6.45) is 3.96. The number of allylic oxidation sites excluding steroid dienone is 4. The van der Waals surface area contributed by atoms with Gasteiger partial charge in [0.05, 0.1) is 6.10 Å². The van der Waals surface area contributed by atoms with Gasteiger partial charge in [-0.15, -0.1) is 0 Å². The van der Waals surface area contributed by atoms with Crippen molar-refractivity contribution in [3.8, 4) is 0 Å². The molecule has 0 spiro atoms. The molecule has 0 heterocycles. The van der Waals surface area contributed by atoms with Crippen LogP contribution in [0.3, 0.4) is 0 Å². The van der Waals surface area contributed by atoms with E-state index in [9.17, 15) is 24.3 Å². The van der Waals surface area contributed by atoms with Crippen molar-refractivity contribution in [2.45, 2.75) is 84.1 Å². The Hall–Kier alpha value is -2.55. The Morgan fingerprint density at radius 2 is 1.95 bits per heavy atom. The van der Waals surface area contributed by atoms with Crippen LogP contribution < -0.4 is 5.32 Å². The van der Waals surface area contributed by atoms with Crippen LogP contribution in [-0.2, 0) is 23.9 Å². The van der Waals surface area contributed by atoms with Crippen molar-refractivity contribution in [3.63, 3.8) is 0 Å². The van der Waals surface area contributed by atoms with Gasteiger partial charge in [-0.05, 0) is 57.1 Å². The first-order valence-corrected chi connectivity index (χ1v) is 13.2. The molecule has 9 heteroatoms. The first-order valence-electron chi connectivity index (χ1n) is 13.2. The minimum absolute atomic E-state index is 0.132. The predicted octanol–water partition coefficient (Wildman–Crippen LogP) is 3.61. The van der Waals surface area contributed by atoms with Crippen LogP contribution in [0.15, 0.2) is 23.8 Å². The van der Waals surface area contributed by atoms with Crippen molar-refractivity contribution in [2.75, 3.05) is 13.2 Å². The summed E-state index contributed by atoms with van der Waals surface area (Å²) in [5.74, 6) is -2.97. The van der Waals surface area contributed by atoms with Gasteiger partial charge in [0, 0.05) is 36.1 Å². The number of hydrogen-bond donors (Lipinski definition) is 2. The average Bonchev–Trinajstić information content (AvgIpc) is 3.04. The van der Waals surface area contributed by atoms with Gasteiger partial charge in [0.25, 0.3) is 0 Å². The maximum absolute atomic E-state index is 17.4. The van der Waals surface area contributed by atoms with Crippen molar-refractivity contribution in [2.24, 2.45) is 28.6 Å². The van der Waals surface area contributed by atoms with Crippen LogP contribution in [0.25, 0.3) is 0 Å². The summed E-state index contributed by atoms with van der Waals surface area (Å²) in [5, 5.41) is 14.2. The van der Waals surface area contributed by atoms with E-state index in [0.29, 0.717) is 37.8 Å². The number of nitrogens with one attached hydrogen (secondary N) is 1. The lowest BCUT2D eigenvalue weighted by molar-refractivity contribution is -0.219. The molecule has 0 saturated heterocycles. The highest BCUT2D eigenvalue weighted by molar-refractivity contribution is 6.01. The van der Waals surface area contributed by atoms with E-state index < -0.39 is 70.4 Å². The standard InChI is InChI=1S/C28H38FNO7/c1-6-11-30-24(35)37-28(23(34)15-36-17(3)31)16(2)12-21-20-8-7-18-13-19(32)9-10-25(18,4)27(20,29)22(33)14-26(21,28)5/h9-10,13,16,20-22,33H,6-8,11-12,14-15H2,1-5H3,(H,30,35)/t16-,20?,21?,22-,25-,26-,27?,28+/m0/s1. The van der Waals surface area contributed by atoms with Crippen molar-refractivity contribution in [3.05, 3.63) is 23.8 Å². The molecule has 4 rings (SSSR count). The minimum atomic E-state index is -2.07. The summed E-state index contributed by atoms with van der Waals surface area (Å²) < 4.78 is 28.4. The summed E-state index contributed by atoms with van der Waals surface area (Å²) in [4.78, 5) is 50.3. The number of esters is 1. The summed E-state index contributed by atoms with van der Waals surface area (Å²) in [6, 6.07) is 0. The molecule has 0 radical (unpaired) electrons. The first-order chi connectivity index (χ1) is 17.3. The third-order valence-corrected chi connectivity index (χ3v) is 9.77. The summed E-state index contributed by atoms with van der Waals surface area (Å²) in [7, 11) is 0. The fourth-order valence-corrected chi connectivity index (χ4v) is 8.08. The van der Waals surface area contributed by atoms with Crippen LogP contribution in [-0.4, -0.2) is 59.3 Å². The van der Waals surface area contributed by atoms with Gasteiger partial charge in [-0.25, -0.2) is 9.18 Å². The first kappa shape index (κ1) is 27.5. The third-order valence-electron chi connectivity index (χ3n) is 9.77. The number of alkyl halides is 1. The van der Waals surface area contributed by atoms with E-state index in [1.165, 1.54) is 19.1 Å². The number of ether oxygens (including phenoxy) is 2. The Morgan fingerprint density at radius 1 is 1.24 bits per heavy atom. The molecule has 8 nitrogen and oxygen atoms in total. The highest BCUT2D eigenvalue weighted by Gasteiger charge is 2.77. The number of carbonyl (C=O) groups is 4. The zero-order chi connectivity index (χ0) is 27.4. The molecule has 37 heavy (non-hydrogen) atoms. The van der Waals surface area contributed by atoms with E-state index in [0.717, 1.165) is 0 Å². The smallest absolute Gasteiger partial charge is 0.408 e. The van der Waals surface area contributed by atoms with Crippen LogP contribution in [0.4, 0.5) is 9.18 Å². The summed E-state index contributed by atoms with van der Waals surface area (Å²) in [6.45, 7) is 8.15. The van der Waals surface area contributed by atoms with E-state index >= 15 is 4.39 Å². The maximum atomic E-state index is 17.4. The molecule has 0 aromatic carbocycles. The van der Waals surface area contributed by atoms with Crippen LogP contribution in [0, 0.1) is 28.6 Å². The number of alkyl carbamates (subject to hydrolysis) is 1. The largest absolute Gasteiger partial charge is 0.458 e. The molecule has 4 aliphatic carbocycles. The molecule has 4 aliphatic rings. The van der Waals surface area contributed by atoms with Gasteiger partial charge < -0.3 is 19.9 Å². The molecule has 3 fully saturated rings. The SMILES string of the molecule is CCCNC(=O)O[C@@]1(C(=O)COC(C)=O)[C@@H](C)CC2C3CCC4=CC(=O)C=C[C@]4(C)C3(F)[C@@H](O)C[C@@]21C. The molecule has 0 aromatic rings. The molecule has 1 amide bonds. The zero-order valence-electron chi connectivity index (χ0n) is 22.3. The van der Waals surface area contributed by atoms with Crippen molar-refractivity contribution < 1.29 is 38.1 Å². The zero-order valence-corrected chi connectivity index (χ0v) is 22.3. The molecule has 0 aliphatic heterocycles. The molecule has 2 N–H and O–H groups in total. The van der Waals surface area contributed by atoms with Crippen LogP contribution in [0.1, 0.15) is 66.7 Å². The monoisotopic (exact) mass is 519 g/mol. The second kappa shape index (κ2) is 9.33. The summed E-state index contributed by atoms with van der Waals surface area (Å²) >= 11 is 0. The fourth-order valence-electron chi connectivity index (χ4n) is 8.08. The van der Waals surface area contributed by atoms with Crippen LogP contribution in [0.2, 0.25) is 0 Å². The minimum Gasteiger partial charge on any atom is -0.458 e. The quantitative estimate of drug-likeness (QED) is 0.515. The number of aliphatic hydroxyl groups excluding tert-OH is 1. The average molecular weight is 520 g/mol. The number of carbonyl (C=O) groups excluding carboxylic acids is 4.